The lowest BCUT2D eigenvalue weighted by Crippen LogP contribution is -2.32. The molecule has 2 atom stereocenters. The number of hydrogen-bond donors (Lipinski definition) is 2. The van der Waals surface area contributed by atoms with Crippen LogP contribution in [0.15, 0.2) is 18.2 Å². The fourth-order valence-corrected chi connectivity index (χ4v) is 1.93. The van der Waals surface area contributed by atoms with Gasteiger partial charge in [-0.2, -0.15) is 0 Å². The molecule has 0 spiro atoms. The predicted octanol–water partition coefficient (Wildman–Crippen LogP) is 3.41. The number of nitrogens with one attached hydrogen (secondary N) is 1. The third kappa shape index (κ3) is 3.36. The molecule has 2 nitrogen and oxygen atoms in total. The zero-order valence-corrected chi connectivity index (χ0v) is 11.0. The summed E-state index contributed by atoms with van der Waals surface area (Å²) in [5, 5.41) is 13.7. The highest BCUT2D eigenvalue weighted by Gasteiger charge is 2.16. The Morgan fingerprint density at radius 1 is 1.38 bits per heavy atom. The lowest BCUT2D eigenvalue weighted by atomic mass is 10.1. The maximum Gasteiger partial charge on any atom is 0.0640 e. The first-order valence-corrected chi connectivity index (χ1v) is 6.16. The minimum atomic E-state index is -0.166. The fraction of sp³-hybridized carbons (Fsp3) is 0.500. The minimum Gasteiger partial charge on any atom is -0.394 e. The number of rotatable bonds is 5. The van der Waals surface area contributed by atoms with Crippen molar-refractivity contribution in [3.8, 4) is 0 Å². The highest BCUT2D eigenvalue weighted by molar-refractivity contribution is 6.42. The molecular weight excluding hydrogens is 245 g/mol. The molecule has 1 aromatic rings. The molecule has 1 rings (SSSR count). The first kappa shape index (κ1) is 13.8. The van der Waals surface area contributed by atoms with Gasteiger partial charge in [-0.05, 0) is 25.0 Å². The molecule has 0 aliphatic heterocycles. The number of halogens is 2. The maximum atomic E-state index is 9.37. The van der Waals surface area contributed by atoms with Gasteiger partial charge < -0.3 is 10.4 Å². The average molecular weight is 262 g/mol. The molecule has 0 saturated carbocycles. The second-order valence-electron chi connectivity index (χ2n) is 3.85. The topological polar surface area (TPSA) is 32.3 Å². The minimum absolute atomic E-state index is 0.00437. The van der Waals surface area contributed by atoms with Gasteiger partial charge in [0, 0.05) is 6.04 Å². The Kier molecular flexibility index (Phi) is 5.56. The summed E-state index contributed by atoms with van der Waals surface area (Å²) in [5.41, 5.74) is 0.844. The highest BCUT2D eigenvalue weighted by Crippen LogP contribution is 2.30. The predicted molar refractivity (Wildman–Crippen MR) is 69.2 cm³/mol. The van der Waals surface area contributed by atoms with Gasteiger partial charge >= 0.3 is 0 Å². The molecule has 1 aromatic carbocycles. The molecular formula is C12H17Cl2NO. The summed E-state index contributed by atoms with van der Waals surface area (Å²) < 4.78 is 0. The second-order valence-corrected chi connectivity index (χ2v) is 4.64. The molecule has 16 heavy (non-hydrogen) atoms. The zero-order valence-electron chi connectivity index (χ0n) is 9.50. The molecule has 2 unspecified atom stereocenters. The summed E-state index contributed by atoms with van der Waals surface area (Å²) in [5.74, 6) is 0. The van der Waals surface area contributed by atoms with Gasteiger partial charge in [-0.15, -0.1) is 0 Å². The van der Waals surface area contributed by atoms with Gasteiger partial charge in [0.1, 0.15) is 0 Å². The van der Waals surface area contributed by atoms with Gasteiger partial charge in [-0.25, -0.2) is 0 Å². The molecule has 0 bridgehead atoms. The third-order valence-electron chi connectivity index (χ3n) is 2.64. The van der Waals surface area contributed by atoms with Crippen molar-refractivity contribution >= 4 is 23.2 Å². The van der Waals surface area contributed by atoms with Gasteiger partial charge in [-0.3, -0.25) is 0 Å². The Hall–Kier alpha value is -0.280. The number of aliphatic hydroxyl groups is 1. The van der Waals surface area contributed by atoms with Crippen molar-refractivity contribution in [1.82, 2.24) is 5.32 Å². The second kappa shape index (κ2) is 6.45. The molecule has 0 radical (unpaired) electrons. The van der Waals surface area contributed by atoms with E-state index in [1.807, 2.05) is 12.1 Å². The van der Waals surface area contributed by atoms with Gasteiger partial charge in [0.15, 0.2) is 0 Å². The number of aliphatic hydroxyl groups excluding tert-OH is 1. The summed E-state index contributed by atoms with van der Waals surface area (Å²) in [6, 6.07) is 5.62. The summed E-state index contributed by atoms with van der Waals surface area (Å²) in [7, 11) is 0. The highest BCUT2D eigenvalue weighted by atomic mass is 35.5. The van der Waals surface area contributed by atoms with Crippen LogP contribution in [-0.2, 0) is 0 Å². The summed E-state index contributed by atoms with van der Waals surface area (Å²) >= 11 is 12.1. The van der Waals surface area contributed by atoms with Crippen LogP contribution in [0.4, 0.5) is 0 Å². The van der Waals surface area contributed by atoms with E-state index in [1.165, 1.54) is 0 Å². The third-order valence-corrected chi connectivity index (χ3v) is 3.47. The first-order valence-electron chi connectivity index (χ1n) is 5.41. The first-order chi connectivity index (χ1) is 7.60. The molecule has 0 aromatic heterocycles. The normalized spacial score (nSPS) is 14.8. The Morgan fingerprint density at radius 3 is 2.62 bits per heavy atom. The van der Waals surface area contributed by atoms with E-state index >= 15 is 0 Å². The van der Waals surface area contributed by atoms with Crippen LogP contribution in [0.3, 0.4) is 0 Å². The quantitative estimate of drug-likeness (QED) is 0.852. The molecule has 0 aliphatic rings. The zero-order chi connectivity index (χ0) is 12.1. The Labute approximate surface area is 107 Å². The largest absolute Gasteiger partial charge is 0.394 e. The van der Waals surface area contributed by atoms with Crippen LogP contribution in [0.25, 0.3) is 0 Å². The van der Waals surface area contributed by atoms with Crippen molar-refractivity contribution in [2.75, 3.05) is 6.61 Å². The van der Waals surface area contributed by atoms with Gasteiger partial charge in [-0.1, -0.05) is 42.3 Å². The molecule has 0 aliphatic carbocycles. The van der Waals surface area contributed by atoms with E-state index in [1.54, 1.807) is 6.07 Å². The SMILES string of the molecule is CCC(C)NC(CO)c1cccc(Cl)c1Cl. The Morgan fingerprint density at radius 2 is 2.06 bits per heavy atom. The average Bonchev–Trinajstić information content (AvgIpc) is 2.29. The van der Waals surface area contributed by atoms with E-state index in [0.29, 0.717) is 16.1 Å². The lowest BCUT2D eigenvalue weighted by Gasteiger charge is -2.22. The summed E-state index contributed by atoms with van der Waals surface area (Å²) in [4.78, 5) is 0. The maximum absolute atomic E-state index is 9.37. The van der Waals surface area contributed by atoms with Crippen LogP contribution in [0.1, 0.15) is 31.9 Å². The molecule has 4 heteroatoms. The summed E-state index contributed by atoms with van der Waals surface area (Å²) in [6.07, 6.45) is 0.995. The van der Waals surface area contributed by atoms with E-state index in [-0.39, 0.29) is 12.6 Å². The van der Waals surface area contributed by atoms with Crippen LogP contribution in [0.2, 0.25) is 10.0 Å². The molecule has 0 fully saturated rings. The molecule has 0 heterocycles. The fourth-order valence-electron chi connectivity index (χ4n) is 1.49. The van der Waals surface area contributed by atoms with Crippen molar-refractivity contribution in [1.29, 1.82) is 0 Å². The summed E-state index contributed by atoms with van der Waals surface area (Å²) in [6.45, 7) is 4.16. The van der Waals surface area contributed by atoms with Crippen molar-refractivity contribution in [3.05, 3.63) is 33.8 Å². The number of hydrogen-bond acceptors (Lipinski definition) is 2. The van der Waals surface area contributed by atoms with E-state index in [9.17, 15) is 5.11 Å². The molecule has 0 amide bonds. The van der Waals surface area contributed by atoms with E-state index < -0.39 is 0 Å². The van der Waals surface area contributed by atoms with Crippen LogP contribution in [0, 0.1) is 0 Å². The van der Waals surface area contributed by atoms with Crippen molar-refractivity contribution in [2.24, 2.45) is 0 Å². The molecule has 0 saturated heterocycles. The number of benzene rings is 1. The van der Waals surface area contributed by atoms with E-state index in [4.69, 9.17) is 23.2 Å². The van der Waals surface area contributed by atoms with E-state index in [2.05, 4.69) is 19.2 Å². The van der Waals surface area contributed by atoms with E-state index in [0.717, 1.165) is 12.0 Å². The van der Waals surface area contributed by atoms with Gasteiger partial charge in [0.25, 0.3) is 0 Å². The monoisotopic (exact) mass is 261 g/mol. The molecule has 90 valence electrons. The standard InChI is InChI=1S/C12H17Cl2NO/c1-3-8(2)15-11(7-16)9-5-4-6-10(13)12(9)14/h4-6,8,11,15-16H,3,7H2,1-2H3. The van der Waals surface area contributed by atoms with Crippen LogP contribution < -0.4 is 5.32 Å². The molecule has 2 N–H and O–H groups in total. The van der Waals surface area contributed by atoms with Crippen LogP contribution in [0.5, 0.6) is 0 Å². The van der Waals surface area contributed by atoms with Crippen molar-refractivity contribution < 1.29 is 5.11 Å². The lowest BCUT2D eigenvalue weighted by molar-refractivity contribution is 0.234. The van der Waals surface area contributed by atoms with Gasteiger partial charge in [0.05, 0.1) is 22.7 Å². The van der Waals surface area contributed by atoms with Crippen LogP contribution >= 0.6 is 23.2 Å². The smallest absolute Gasteiger partial charge is 0.0640 e. The van der Waals surface area contributed by atoms with Crippen molar-refractivity contribution in [2.45, 2.75) is 32.4 Å². The Balaban J connectivity index is 2.90. The van der Waals surface area contributed by atoms with Crippen molar-refractivity contribution in [3.63, 3.8) is 0 Å². The van der Waals surface area contributed by atoms with Gasteiger partial charge in [0.2, 0.25) is 0 Å². The Bertz CT molecular complexity index is 344. The van der Waals surface area contributed by atoms with Crippen LogP contribution in [-0.4, -0.2) is 17.8 Å².